The Morgan fingerprint density at radius 3 is 2.27 bits per heavy atom. The molecule has 3 aromatic rings. The van der Waals surface area contributed by atoms with Crippen LogP contribution in [-0.2, 0) is 25.7 Å². The van der Waals surface area contributed by atoms with E-state index in [0.29, 0.717) is 29.8 Å². The van der Waals surface area contributed by atoms with Crippen molar-refractivity contribution in [2.45, 2.75) is 38.1 Å². The fourth-order valence-corrected chi connectivity index (χ4v) is 3.95. The second-order valence-electron chi connectivity index (χ2n) is 7.95. The highest BCUT2D eigenvalue weighted by Gasteiger charge is 2.32. The molecule has 4 rings (SSSR count). The van der Waals surface area contributed by atoms with Crippen LogP contribution in [0.3, 0.4) is 0 Å². The summed E-state index contributed by atoms with van der Waals surface area (Å²) in [6.45, 7) is 0.0256. The van der Waals surface area contributed by atoms with Crippen molar-refractivity contribution in [2.24, 2.45) is 0 Å². The number of benzene rings is 2. The van der Waals surface area contributed by atoms with Crippen molar-refractivity contribution < 1.29 is 31.9 Å². The third kappa shape index (κ3) is 5.05. The van der Waals surface area contributed by atoms with Gasteiger partial charge in [0.05, 0.1) is 23.9 Å². The number of hydrogen-bond donors (Lipinski definition) is 1. The van der Waals surface area contributed by atoms with Gasteiger partial charge in [-0.3, -0.25) is 9.48 Å². The zero-order valence-electron chi connectivity index (χ0n) is 17.3. The number of aryl methyl sites for hydroxylation is 1. The van der Waals surface area contributed by atoms with Gasteiger partial charge in [-0.25, -0.2) is 8.78 Å². The summed E-state index contributed by atoms with van der Waals surface area (Å²) in [5.41, 5.74) is 0.745. The summed E-state index contributed by atoms with van der Waals surface area (Å²) in [6, 6.07) is 8.64. The number of fused-ring (bicyclic) bond motifs is 1. The number of aromatic nitrogens is 2. The average molecular weight is 465 g/mol. The smallest absolute Gasteiger partial charge is 0.394 e. The molecule has 0 unspecified atom stereocenters. The normalized spacial score (nSPS) is 16.6. The molecule has 33 heavy (non-hydrogen) atoms. The Morgan fingerprint density at radius 1 is 1.00 bits per heavy atom. The first kappa shape index (κ1) is 22.9. The van der Waals surface area contributed by atoms with Crippen molar-refractivity contribution >= 4 is 5.91 Å². The second kappa shape index (κ2) is 8.93. The lowest BCUT2D eigenvalue weighted by Crippen LogP contribution is -2.41. The summed E-state index contributed by atoms with van der Waals surface area (Å²) in [6.07, 6.45) is -3.96. The summed E-state index contributed by atoms with van der Waals surface area (Å²) in [7, 11) is 0. The van der Waals surface area contributed by atoms with Gasteiger partial charge in [-0.2, -0.15) is 18.3 Å². The van der Waals surface area contributed by atoms with E-state index in [2.05, 4.69) is 5.10 Å². The lowest BCUT2D eigenvalue weighted by molar-refractivity contribution is -0.137. The molecule has 0 radical (unpaired) electrons. The van der Waals surface area contributed by atoms with Crippen LogP contribution in [0, 0.1) is 11.6 Å². The Kier molecular flexibility index (Phi) is 6.20. The van der Waals surface area contributed by atoms with Crippen molar-refractivity contribution in [2.75, 3.05) is 6.61 Å². The molecule has 174 valence electrons. The van der Waals surface area contributed by atoms with Crippen LogP contribution in [0.25, 0.3) is 0 Å². The summed E-state index contributed by atoms with van der Waals surface area (Å²) in [5.74, 6) is -1.86. The van der Waals surface area contributed by atoms with Crippen LogP contribution in [0.15, 0.2) is 48.5 Å². The maximum absolute atomic E-state index is 13.5. The van der Waals surface area contributed by atoms with E-state index >= 15 is 0 Å². The minimum absolute atomic E-state index is 0.0117. The molecule has 0 aliphatic carbocycles. The van der Waals surface area contributed by atoms with Crippen LogP contribution >= 0.6 is 0 Å². The molecule has 0 bridgehead atoms. The van der Waals surface area contributed by atoms with E-state index in [1.807, 2.05) is 0 Å². The molecule has 0 spiro atoms. The third-order valence-corrected chi connectivity index (χ3v) is 5.58. The quantitative estimate of drug-likeness (QED) is 0.576. The highest BCUT2D eigenvalue weighted by molar-refractivity contribution is 5.93. The number of aliphatic hydroxyl groups is 1. The standard InChI is InChI=1S/C23H20F5N3O2/c24-17-7-15(8-18(25)10-17)9-19-11-21-22(33)30(20(13-32)5-6-31(21)29-19)12-14-1-3-16(4-2-14)23(26,27)28/h1-4,7-8,10-11,20,32H,5-6,9,12-13H2/t20-/m1/s1. The predicted molar refractivity (Wildman–Crippen MR) is 108 cm³/mol. The molecule has 10 heteroatoms. The van der Waals surface area contributed by atoms with Gasteiger partial charge in [0.15, 0.2) is 0 Å². The minimum atomic E-state index is -4.46. The molecule has 1 aromatic heterocycles. The fourth-order valence-electron chi connectivity index (χ4n) is 3.95. The summed E-state index contributed by atoms with van der Waals surface area (Å²) in [4.78, 5) is 14.7. The van der Waals surface area contributed by atoms with Gasteiger partial charge < -0.3 is 10.0 Å². The van der Waals surface area contributed by atoms with Crippen molar-refractivity contribution in [3.05, 3.63) is 88.2 Å². The van der Waals surface area contributed by atoms with Gasteiger partial charge in [0, 0.05) is 25.6 Å². The molecule has 0 fully saturated rings. The molecule has 2 aromatic carbocycles. The number of rotatable bonds is 5. The average Bonchev–Trinajstić information content (AvgIpc) is 3.09. The van der Waals surface area contributed by atoms with E-state index in [-0.39, 0.29) is 25.3 Å². The highest BCUT2D eigenvalue weighted by Crippen LogP contribution is 2.30. The number of halogens is 5. The topological polar surface area (TPSA) is 58.4 Å². The van der Waals surface area contributed by atoms with Crippen LogP contribution in [0.5, 0.6) is 0 Å². The third-order valence-electron chi connectivity index (χ3n) is 5.58. The van der Waals surface area contributed by atoms with Crippen LogP contribution in [0.1, 0.15) is 39.3 Å². The molecule has 1 aliphatic heterocycles. The molecular formula is C23H20F5N3O2. The van der Waals surface area contributed by atoms with Gasteiger partial charge in [-0.05, 0) is 47.9 Å². The molecular weight excluding hydrogens is 445 g/mol. The Labute approximate surface area is 186 Å². The molecule has 2 heterocycles. The van der Waals surface area contributed by atoms with E-state index in [1.165, 1.54) is 39.9 Å². The summed E-state index contributed by atoms with van der Waals surface area (Å²) in [5, 5.41) is 14.2. The van der Waals surface area contributed by atoms with Gasteiger partial charge in [-0.15, -0.1) is 0 Å². The van der Waals surface area contributed by atoms with E-state index < -0.39 is 35.3 Å². The first-order chi connectivity index (χ1) is 15.6. The maximum atomic E-state index is 13.5. The van der Waals surface area contributed by atoms with Crippen LogP contribution in [-0.4, -0.2) is 38.3 Å². The Morgan fingerprint density at radius 2 is 1.67 bits per heavy atom. The first-order valence-electron chi connectivity index (χ1n) is 10.2. The number of aliphatic hydroxyl groups excluding tert-OH is 1. The summed E-state index contributed by atoms with van der Waals surface area (Å²) >= 11 is 0. The number of nitrogens with zero attached hydrogens (tertiary/aromatic N) is 3. The van der Waals surface area contributed by atoms with Crippen molar-refractivity contribution in [3.63, 3.8) is 0 Å². The van der Waals surface area contributed by atoms with E-state index in [0.717, 1.165) is 18.2 Å². The molecule has 1 amide bonds. The van der Waals surface area contributed by atoms with Crippen molar-refractivity contribution in [1.29, 1.82) is 0 Å². The predicted octanol–water partition coefficient (Wildman–Crippen LogP) is 4.18. The SMILES string of the molecule is O=C1c2cc(Cc3cc(F)cc(F)c3)nn2CC[C@H](CO)N1Cc1ccc(C(F)(F)F)cc1. The highest BCUT2D eigenvalue weighted by atomic mass is 19.4. The van der Waals surface area contributed by atoms with Crippen LogP contribution in [0.4, 0.5) is 22.0 Å². The number of alkyl halides is 3. The van der Waals surface area contributed by atoms with Gasteiger partial charge in [-0.1, -0.05) is 12.1 Å². The number of carbonyl (C=O) groups excluding carboxylic acids is 1. The molecule has 1 N–H and O–H groups in total. The lowest BCUT2D eigenvalue weighted by Gasteiger charge is -2.28. The van der Waals surface area contributed by atoms with Crippen LogP contribution in [0.2, 0.25) is 0 Å². The van der Waals surface area contributed by atoms with Gasteiger partial charge in [0.1, 0.15) is 17.3 Å². The molecule has 1 atom stereocenters. The number of hydrogen-bond acceptors (Lipinski definition) is 3. The second-order valence-corrected chi connectivity index (χ2v) is 7.95. The molecule has 0 saturated carbocycles. The molecule has 0 saturated heterocycles. The number of carbonyl (C=O) groups is 1. The van der Waals surface area contributed by atoms with Crippen molar-refractivity contribution in [1.82, 2.24) is 14.7 Å². The van der Waals surface area contributed by atoms with Crippen molar-refractivity contribution in [3.8, 4) is 0 Å². The van der Waals surface area contributed by atoms with Crippen LogP contribution < -0.4 is 0 Å². The first-order valence-corrected chi connectivity index (χ1v) is 10.2. The van der Waals surface area contributed by atoms with Gasteiger partial charge in [0.25, 0.3) is 5.91 Å². The van der Waals surface area contributed by atoms with Gasteiger partial charge in [0.2, 0.25) is 0 Å². The maximum Gasteiger partial charge on any atom is 0.416 e. The van der Waals surface area contributed by atoms with E-state index in [4.69, 9.17) is 0 Å². The lowest BCUT2D eigenvalue weighted by atomic mass is 10.1. The molecule has 1 aliphatic rings. The van der Waals surface area contributed by atoms with Gasteiger partial charge >= 0.3 is 6.18 Å². The largest absolute Gasteiger partial charge is 0.416 e. The van der Waals surface area contributed by atoms with E-state index in [9.17, 15) is 31.9 Å². The fraction of sp³-hybridized carbons (Fsp3) is 0.304. The number of amides is 1. The minimum Gasteiger partial charge on any atom is -0.394 e. The Bertz CT molecular complexity index is 1140. The van der Waals surface area contributed by atoms with E-state index in [1.54, 1.807) is 0 Å². The Hall–Kier alpha value is -3.27. The zero-order valence-corrected chi connectivity index (χ0v) is 17.3. The monoisotopic (exact) mass is 465 g/mol. The zero-order chi connectivity index (χ0) is 23.8. The molecule has 5 nitrogen and oxygen atoms in total. The Balaban J connectivity index is 1.58. The summed E-state index contributed by atoms with van der Waals surface area (Å²) < 4.78 is 67.0.